The topological polar surface area (TPSA) is 49.7 Å². The van der Waals surface area contributed by atoms with Crippen molar-refractivity contribution in [2.45, 2.75) is 19.4 Å². The molecule has 0 bridgehead atoms. The number of amides is 2. The second-order valence-corrected chi connectivity index (χ2v) is 5.29. The first-order chi connectivity index (χ1) is 10.7. The number of benzene rings is 1. The first kappa shape index (κ1) is 14.2. The molecule has 1 heterocycles. The highest BCUT2D eigenvalue weighted by Crippen LogP contribution is 2.30. The second-order valence-electron chi connectivity index (χ2n) is 5.29. The Morgan fingerprint density at radius 2 is 2.09 bits per heavy atom. The Labute approximate surface area is 129 Å². The molecule has 2 aliphatic rings. The molecule has 0 spiro atoms. The van der Waals surface area contributed by atoms with Crippen LogP contribution < -0.4 is 0 Å². The van der Waals surface area contributed by atoms with E-state index >= 15 is 0 Å². The monoisotopic (exact) mass is 292 g/mol. The van der Waals surface area contributed by atoms with Gasteiger partial charge in [-0.1, -0.05) is 30.9 Å². The van der Waals surface area contributed by atoms with Crippen LogP contribution >= 0.6 is 0 Å². The summed E-state index contributed by atoms with van der Waals surface area (Å²) in [6.45, 7) is 7.52. The fourth-order valence-corrected chi connectivity index (χ4v) is 2.82. The Bertz CT molecular complexity index is 756. The molecule has 0 N–H and O–H groups in total. The number of allylic oxidation sites excluding steroid dienone is 1. The van der Waals surface area contributed by atoms with Crippen LogP contribution in [0.3, 0.4) is 0 Å². The van der Waals surface area contributed by atoms with E-state index in [1.54, 1.807) is 12.2 Å². The van der Waals surface area contributed by atoms with Crippen molar-refractivity contribution in [3.8, 4) is 0 Å². The third-order valence-corrected chi connectivity index (χ3v) is 3.97. The molecule has 110 valence electrons. The molecule has 4 heteroatoms. The van der Waals surface area contributed by atoms with E-state index in [2.05, 4.69) is 18.3 Å². The number of carbonyl (C=O) groups excluding carboxylic acids is 2. The van der Waals surface area contributed by atoms with E-state index in [0.717, 1.165) is 23.2 Å². The largest absolute Gasteiger partial charge is 0.270 e. The fraction of sp³-hybridized carbons (Fsp3) is 0.167. The highest BCUT2D eigenvalue weighted by molar-refractivity contribution is 6.20. The van der Waals surface area contributed by atoms with E-state index in [-0.39, 0.29) is 18.4 Å². The predicted octanol–water partition coefficient (Wildman–Crippen LogP) is 3.18. The summed E-state index contributed by atoms with van der Waals surface area (Å²) in [4.78, 5) is 30.0. The summed E-state index contributed by atoms with van der Waals surface area (Å²) < 4.78 is 0. The molecule has 0 saturated carbocycles. The van der Waals surface area contributed by atoms with Crippen LogP contribution in [-0.4, -0.2) is 23.4 Å². The Kier molecular flexibility index (Phi) is 3.59. The molecule has 0 fully saturated rings. The van der Waals surface area contributed by atoms with E-state index in [0.29, 0.717) is 17.6 Å². The molecule has 22 heavy (non-hydrogen) atoms. The molecule has 3 rings (SSSR count). The van der Waals surface area contributed by atoms with Gasteiger partial charge in [-0.25, -0.2) is 0 Å². The van der Waals surface area contributed by atoms with Crippen LogP contribution in [0.15, 0.2) is 53.1 Å². The maximum atomic E-state index is 12.4. The van der Waals surface area contributed by atoms with Gasteiger partial charge >= 0.3 is 0 Å². The van der Waals surface area contributed by atoms with Gasteiger partial charge in [0.15, 0.2) is 0 Å². The van der Waals surface area contributed by atoms with Gasteiger partial charge in [0.2, 0.25) is 0 Å². The van der Waals surface area contributed by atoms with Crippen LogP contribution in [0, 0.1) is 0 Å². The summed E-state index contributed by atoms with van der Waals surface area (Å²) in [7, 11) is 0. The van der Waals surface area contributed by atoms with Gasteiger partial charge in [0.25, 0.3) is 11.8 Å². The molecule has 2 amide bonds. The van der Waals surface area contributed by atoms with E-state index in [9.17, 15) is 9.59 Å². The van der Waals surface area contributed by atoms with Gasteiger partial charge < -0.3 is 0 Å². The molecule has 0 unspecified atom stereocenters. The lowest BCUT2D eigenvalue weighted by atomic mass is 10.00. The van der Waals surface area contributed by atoms with Crippen molar-refractivity contribution < 1.29 is 9.59 Å². The van der Waals surface area contributed by atoms with Crippen molar-refractivity contribution in [2.24, 2.45) is 4.99 Å². The zero-order valence-electron chi connectivity index (χ0n) is 12.2. The number of carbonyl (C=O) groups is 2. The number of aliphatic imine (C=N–C) groups is 1. The summed E-state index contributed by atoms with van der Waals surface area (Å²) in [5, 5.41) is 0. The van der Waals surface area contributed by atoms with Crippen molar-refractivity contribution in [3.05, 3.63) is 59.2 Å². The summed E-state index contributed by atoms with van der Waals surface area (Å²) in [5.41, 5.74) is 3.63. The van der Waals surface area contributed by atoms with Crippen molar-refractivity contribution in [3.63, 3.8) is 0 Å². The highest BCUT2D eigenvalue weighted by atomic mass is 16.2. The molecule has 0 saturated heterocycles. The van der Waals surface area contributed by atoms with E-state index in [1.807, 2.05) is 24.3 Å². The average Bonchev–Trinajstić information content (AvgIpc) is 2.80. The smallest absolute Gasteiger partial charge is 0.261 e. The molecular weight excluding hydrogens is 276 g/mol. The van der Waals surface area contributed by atoms with Gasteiger partial charge in [-0.05, 0) is 42.8 Å². The minimum atomic E-state index is -0.206. The molecular formula is C18H16N2O2. The van der Waals surface area contributed by atoms with Gasteiger partial charge in [-0.2, -0.15) is 0 Å². The molecule has 0 atom stereocenters. The van der Waals surface area contributed by atoms with Crippen molar-refractivity contribution in [1.82, 2.24) is 4.90 Å². The van der Waals surface area contributed by atoms with Gasteiger partial charge in [-0.3, -0.25) is 19.5 Å². The van der Waals surface area contributed by atoms with Crippen LogP contribution in [0.2, 0.25) is 0 Å². The SMILES string of the molecule is C=Cc1cc(CN2C(=O)C3=C(CCC=C3)C2=O)ccc1N=C. The van der Waals surface area contributed by atoms with E-state index in [4.69, 9.17) is 0 Å². The first-order valence-corrected chi connectivity index (χ1v) is 7.13. The maximum Gasteiger partial charge on any atom is 0.261 e. The molecule has 4 nitrogen and oxygen atoms in total. The fourth-order valence-electron chi connectivity index (χ4n) is 2.82. The van der Waals surface area contributed by atoms with E-state index in [1.165, 1.54) is 4.90 Å². The predicted molar refractivity (Wildman–Crippen MR) is 86.7 cm³/mol. The zero-order valence-corrected chi connectivity index (χ0v) is 12.2. The van der Waals surface area contributed by atoms with E-state index < -0.39 is 0 Å². The van der Waals surface area contributed by atoms with Gasteiger partial charge in [-0.15, -0.1) is 0 Å². The van der Waals surface area contributed by atoms with Crippen LogP contribution in [-0.2, 0) is 16.1 Å². The Balaban J connectivity index is 1.87. The number of imide groups is 1. The second kappa shape index (κ2) is 5.56. The zero-order chi connectivity index (χ0) is 15.7. The third kappa shape index (κ3) is 2.22. The normalized spacial score (nSPS) is 17.0. The number of rotatable bonds is 4. The molecule has 1 aromatic rings. The minimum Gasteiger partial charge on any atom is -0.270 e. The highest BCUT2D eigenvalue weighted by Gasteiger charge is 2.37. The van der Waals surface area contributed by atoms with Gasteiger partial charge in [0, 0.05) is 11.1 Å². The van der Waals surface area contributed by atoms with Crippen LogP contribution in [0.5, 0.6) is 0 Å². The Morgan fingerprint density at radius 3 is 2.77 bits per heavy atom. The number of hydrogen-bond acceptors (Lipinski definition) is 3. The Morgan fingerprint density at radius 1 is 1.27 bits per heavy atom. The maximum absolute atomic E-state index is 12.4. The summed E-state index contributed by atoms with van der Waals surface area (Å²) in [6, 6.07) is 5.55. The summed E-state index contributed by atoms with van der Waals surface area (Å²) in [5.74, 6) is -0.377. The lowest BCUT2D eigenvalue weighted by molar-refractivity contribution is -0.138. The summed E-state index contributed by atoms with van der Waals surface area (Å²) in [6.07, 6.45) is 6.84. The minimum absolute atomic E-state index is 0.171. The molecule has 0 radical (unpaired) electrons. The lowest BCUT2D eigenvalue weighted by Crippen LogP contribution is -2.31. The van der Waals surface area contributed by atoms with Gasteiger partial charge in [0.05, 0.1) is 12.2 Å². The molecule has 1 aliphatic heterocycles. The molecule has 1 aliphatic carbocycles. The standard InChI is InChI=1S/C18H16N2O2/c1-3-13-10-12(8-9-16(13)19-2)11-20-17(21)14-6-4-5-7-15(14)18(20)22/h3-4,6,8-10H,1-2,5,7,11H2. The summed E-state index contributed by atoms with van der Waals surface area (Å²) >= 11 is 0. The third-order valence-electron chi connectivity index (χ3n) is 3.97. The molecule has 0 aromatic heterocycles. The first-order valence-electron chi connectivity index (χ1n) is 7.13. The number of hydrogen-bond donors (Lipinski definition) is 0. The van der Waals surface area contributed by atoms with Crippen LogP contribution in [0.1, 0.15) is 24.0 Å². The van der Waals surface area contributed by atoms with Gasteiger partial charge in [0.1, 0.15) is 0 Å². The average molecular weight is 292 g/mol. The van der Waals surface area contributed by atoms with Crippen molar-refractivity contribution in [1.29, 1.82) is 0 Å². The van der Waals surface area contributed by atoms with Crippen molar-refractivity contribution in [2.75, 3.05) is 0 Å². The Hall–Kier alpha value is -2.75. The van der Waals surface area contributed by atoms with Crippen LogP contribution in [0.4, 0.5) is 5.69 Å². The molecule has 1 aromatic carbocycles. The van der Waals surface area contributed by atoms with Crippen molar-refractivity contribution >= 4 is 30.3 Å². The number of nitrogens with zero attached hydrogens (tertiary/aromatic N) is 2. The van der Waals surface area contributed by atoms with Crippen LogP contribution in [0.25, 0.3) is 6.08 Å². The quantitative estimate of drug-likeness (QED) is 0.632. The lowest BCUT2D eigenvalue weighted by Gasteiger charge is -2.15.